The summed E-state index contributed by atoms with van der Waals surface area (Å²) in [7, 11) is 0. The molecule has 1 N–H and O–H groups in total. The second kappa shape index (κ2) is 13.3. The third kappa shape index (κ3) is 10.6. The van der Waals surface area contributed by atoms with Gasteiger partial charge in [-0.2, -0.15) is 0 Å². The summed E-state index contributed by atoms with van der Waals surface area (Å²) in [6.45, 7) is 12.2. The highest BCUT2D eigenvalue weighted by Crippen LogP contribution is 2.10. The number of nitrogens with one attached hydrogen (secondary N) is 1. The van der Waals surface area contributed by atoms with Crippen molar-refractivity contribution in [1.29, 1.82) is 0 Å². The zero-order chi connectivity index (χ0) is 18.5. The molecule has 0 aromatic carbocycles. The first kappa shape index (κ1) is 22.1. The van der Waals surface area contributed by atoms with Crippen LogP contribution in [0.2, 0.25) is 0 Å². The topological polar surface area (TPSA) is 52.7 Å². The molecule has 0 aromatic rings. The molecule has 25 heavy (non-hydrogen) atoms. The van der Waals surface area contributed by atoms with Gasteiger partial charge in [-0.3, -0.25) is 14.5 Å². The van der Waals surface area contributed by atoms with Gasteiger partial charge in [-0.25, -0.2) is 0 Å². The summed E-state index contributed by atoms with van der Waals surface area (Å²) in [6, 6.07) is 0.557. The lowest BCUT2D eigenvalue weighted by Gasteiger charge is -2.35. The predicted molar refractivity (Wildman–Crippen MR) is 106 cm³/mol. The molecule has 0 spiro atoms. The molecule has 0 unspecified atom stereocenters. The van der Waals surface area contributed by atoms with Crippen molar-refractivity contribution in [1.82, 2.24) is 15.1 Å². The van der Waals surface area contributed by atoms with Crippen molar-refractivity contribution in [2.75, 3.05) is 39.3 Å². The number of unbranched alkanes of at least 4 members (excludes halogenated alkanes) is 3. The van der Waals surface area contributed by atoms with Gasteiger partial charge < -0.3 is 10.2 Å². The first-order valence-corrected chi connectivity index (χ1v) is 10.3. The Bertz CT molecular complexity index is 383. The predicted octanol–water partition coefficient (Wildman–Crippen LogP) is 3.08. The Hall–Kier alpha value is -0.940. The summed E-state index contributed by atoms with van der Waals surface area (Å²) in [6.07, 6.45) is 7.26. The zero-order valence-electron chi connectivity index (χ0n) is 16.7. The number of Topliss-reactive ketones (excluding diaryl/α,β-unsaturated/α-hetero) is 1. The molecule has 5 nitrogen and oxygen atoms in total. The number of amides is 1. The Morgan fingerprint density at radius 1 is 0.960 bits per heavy atom. The minimum atomic E-state index is 0. The van der Waals surface area contributed by atoms with Crippen LogP contribution in [0.15, 0.2) is 0 Å². The van der Waals surface area contributed by atoms with E-state index in [1.165, 1.54) is 6.42 Å². The van der Waals surface area contributed by atoms with Crippen molar-refractivity contribution in [3.63, 3.8) is 0 Å². The van der Waals surface area contributed by atoms with Crippen LogP contribution in [-0.2, 0) is 9.59 Å². The number of ketones is 1. The first-order chi connectivity index (χ1) is 12.0. The van der Waals surface area contributed by atoms with E-state index in [0.717, 1.165) is 65.0 Å². The molecule has 0 saturated carbocycles. The van der Waals surface area contributed by atoms with Crippen molar-refractivity contribution in [3.05, 3.63) is 0 Å². The molecule has 5 heteroatoms. The monoisotopic (exact) mass is 355 g/mol. The quantitative estimate of drug-likeness (QED) is 0.516. The van der Waals surface area contributed by atoms with E-state index in [0.29, 0.717) is 37.0 Å². The van der Waals surface area contributed by atoms with Crippen LogP contribution in [0, 0.1) is 0 Å². The van der Waals surface area contributed by atoms with Crippen LogP contribution in [0.25, 0.3) is 0 Å². The lowest BCUT2D eigenvalue weighted by molar-refractivity contribution is -0.133. The maximum absolute atomic E-state index is 12.3. The second-order valence-electron chi connectivity index (χ2n) is 7.49. The molecule has 0 bridgehead atoms. The molecule has 0 atom stereocenters. The average Bonchev–Trinajstić information content (AvgIpc) is 2.61. The summed E-state index contributed by atoms with van der Waals surface area (Å²) in [5.41, 5.74) is 0. The Balaban J connectivity index is 0.00000625. The second-order valence-corrected chi connectivity index (χ2v) is 7.49. The fraction of sp³-hybridized carbons (Fsp3) is 0.900. The van der Waals surface area contributed by atoms with Crippen LogP contribution >= 0.6 is 0 Å². The Morgan fingerprint density at radius 3 is 2.20 bits per heavy atom. The largest absolute Gasteiger partial charge is 0.340 e. The lowest BCUT2D eigenvalue weighted by Crippen LogP contribution is -2.49. The molecule has 148 valence electrons. The van der Waals surface area contributed by atoms with E-state index in [1.54, 1.807) is 0 Å². The van der Waals surface area contributed by atoms with Gasteiger partial charge in [0.25, 0.3) is 0 Å². The van der Waals surface area contributed by atoms with Gasteiger partial charge in [-0.1, -0.05) is 33.6 Å². The standard InChI is InChI=1S/C20H39N3O2.H2/c1-4-19(24)10-7-5-6-8-11-20(25)23-16-14-22(15-17-23)13-9-12-21-18(2)3;/h18,21H,4-17H2,1-3H3;1H. The minimum Gasteiger partial charge on any atom is -0.340 e. The van der Waals surface area contributed by atoms with Gasteiger partial charge in [0.1, 0.15) is 5.78 Å². The molecular weight excluding hydrogens is 314 g/mol. The average molecular weight is 356 g/mol. The highest BCUT2D eigenvalue weighted by atomic mass is 16.2. The molecular formula is C20H41N3O2. The number of nitrogens with zero attached hydrogens (tertiary/aromatic N) is 2. The summed E-state index contributed by atoms with van der Waals surface area (Å²) in [5.74, 6) is 0.666. The van der Waals surface area contributed by atoms with E-state index >= 15 is 0 Å². The van der Waals surface area contributed by atoms with Crippen LogP contribution in [-0.4, -0.2) is 66.8 Å². The van der Waals surface area contributed by atoms with Gasteiger partial charge in [0, 0.05) is 52.9 Å². The summed E-state index contributed by atoms with van der Waals surface area (Å²) < 4.78 is 0. The number of hydrogen-bond donors (Lipinski definition) is 1. The van der Waals surface area contributed by atoms with Crippen LogP contribution in [0.4, 0.5) is 0 Å². The van der Waals surface area contributed by atoms with Crippen LogP contribution in [0.3, 0.4) is 0 Å². The lowest BCUT2D eigenvalue weighted by atomic mass is 10.1. The fourth-order valence-electron chi connectivity index (χ4n) is 3.20. The van der Waals surface area contributed by atoms with Crippen molar-refractivity contribution in [2.24, 2.45) is 0 Å². The number of piperazine rings is 1. The number of carbonyl (C=O) groups excluding carboxylic acids is 2. The third-order valence-corrected chi connectivity index (χ3v) is 4.92. The van der Waals surface area contributed by atoms with E-state index < -0.39 is 0 Å². The Kier molecular flexibility index (Phi) is 11.7. The minimum absolute atomic E-state index is 0. The number of carbonyl (C=O) groups is 2. The van der Waals surface area contributed by atoms with Crippen molar-refractivity contribution in [3.8, 4) is 0 Å². The summed E-state index contributed by atoms with van der Waals surface area (Å²) >= 11 is 0. The Labute approximate surface area is 156 Å². The molecule has 0 aromatic heterocycles. The molecule has 1 aliphatic heterocycles. The smallest absolute Gasteiger partial charge is 0.222 e. The van der Waals surface area contributed by atoms with E-state index in [1.807, 2.05) is 11.8 Å². The normalized spacial score (nSPS) is 15.8. The zero-order valence-corrected chi connectivity index (χ0v) is 16.7. The molecule has 1 aliphatic rings. The SMILES string of the molecule is CCC(=O)CCCCCCC(=O)N1CCN(CCCNC(C)C)CC1.[HH]. The maximum atomic E-state index is 12.3. The van der Waals surface area contributed by atoms with E-state index in [4.69, 9.17) is 0 Å². The van der Waals surface area contributed by atoms with E-state index in [9.17, 15) is 9.59 Å². The molecule has 1 fully saturated rings. The molecule has 0 radical (unpaired) electrons. The van der Waals surface area contributed by atoms with Crippen molar-refractivity contribution in [2.45, 2.75) is 78.2 Å². The van der Waals surface area contributed by atoms with E-state index in [2.05, 4.69) is 24.1 Å². The molecule has 0 aliphatic carbocycles. The number of rotatable bonds is 13. The highest BCUT2D eigenvalue weighted by molar-refractivity contribution is 5.78. The highest BCUT2D eigenvalue weighted by Gasteiger charge is 2.20. The molecule has 1 heterocycles. The van der Waals surface area contributed by atoms with Gasteiger partial charge in [-0.15, -0.1) is 0 Å². The third-order valence-electron chi connectivity index (χ3n) is 4.92. The van der Waals surface area contributed by atoms with Crippen LogP contribution < -0.4 is 5.32 Å². The van der Waals surface area contributed by atoms with Crippen LogP contribution in [0.1, 0.15) is 73.6 Å². The van der Waals surface area contributed by atoms with Gasteiger partial charge in [0.15, 0.2) is 0 Å². The summed E-state index contributed by atoms with van der Waals surface area (Å²) in [4.78, 5) is 28.0. The fourth-order valence-corrected chi connectivity index (χ4v) is 3.20. The molecule has 1 saturated heterocycles. The molecule has 1 rings (SSSR count). The van der Waals surface area contributed by atoms with Gasteiger partial charge >= 0.3 is 0 Å². The van der Waals surface area contributed by atoms with Crippen molar-refractivity contribution >= 4 is 11.7 Å². The van der Waals surface area contributed by atoms with Gasteiger partial charge in [0.05, 0.1) is 0 Å². The number of hydrogen-bond acceptors (Lipinski definition) is 4. The van der Waals surface area contributed by atoms with Crippen LogP contribution in [0.5, 0.6) is 0 Å². The summed E-state index contributed by atoms with van der Waals surface area (Å²) in [5, 5.41) is 3.45. The van der Waals surface area contributed by atoms with Gasteiger partial charge in [-0.05, 0) is 32.4 Å². The first-order valence-electron chi connectivity index (χ1n) is 10.3. The van der Waals surface area contributed by atoms with Gasteiger partial charge in [0.2, 0.25) is 5.91 Å². The van der Waals surface area contributed by atoms with E-state index in [-0.39, 0.29) is 1.43 Å². The molecule has 1 amide bonds. The van der Waals surface area contributed by atoms with Crippen molar-refractivity contribution < 1.29 is 11.0 Å². The maximum Gasteiger partial charge on any atom is 0.222 e. The Morgan fingerprint density at radius 2 is 1.60 bits per heavy atom.